The number of alkyl halides is 3. The van der Waals surface area contributed by atoms with Gasteiger partial charge in [0, 0.05) is 11.7 Å². The highest BCUT2D eigenvalue weighted by molar-refractivity contribution is 5.15. The van der Waals surface area contributed by atoms with E-state index in [0.717, 1.165) is 44.6 Å². The minimum absolute atomic E-state index is 0.109. The molecule has 1 aliphatic heterocycles. The molecule has 0 spiro atoms. The molecule has 1 heterocycles. The van der Waals surface area contributed by atoms with Gasteiger partial charge in [0.2, 0.25) is 0 Å². The fraction of sp³-hybridized carbons (Fsp3) is 0.800. The lowest BCUT2D eigenvalue weighted by molar-refractivity contribution is -0.188. The van der Waals surface area contributed by atoms with Gasteiger partial charge in [0.1, 0.15) is 0 Å². The summed E-state index contributed by atoms with van der Waals surface area (Å²) in [6.45, 7) is 8.95. The molecule has 0 aromatic rings. The minimum Gasteiger partial charge on any atom is -0.383 e. The molecule has 1 aliphatic carbocycles. The predicted molar refractivity (Wildman–Crippen MR) is 97.3 cm³/mol. The van der Waals surface area contributed by atoms with Crippen molar-refractivity contribution in [2.75, 3.05) is 19.6 Å². The number of allylic oxidation sites excluding steroid dienone is 2. The van der Waals surface area contributed by atoms with Gasteiger partial charge in [-0.25, -0.2) is 0 Å². The summed E-state index contributed by atoms with van der Waals surface area (Å²) in [4.78, 5) is 2.43. The standard InChI is InChI=1S/C20H33F3N2/c1-3-8-18(4-2)24-19-14-16(13-17(15-19)20(21,22)23)9-12-25-10-6-5-7-11-25/h4,8,16-17,19,24H,2-3,5-7,9-15H2,1H3/t16?,17?,19-/m1/s1. The first kappa shape index (κ1) is 20.3. The van der Waals surface area contributed by atoms with E-state index in [1.807, 2.05) is 13.0 Å². The van der Waals surface area contributed by atoms with Gasteiger partial charge in [0.05, 0.1) is 5.92 Å². The molecule has 2 fully saturated rings. The van der Waals surface area contributed by atoms with Crippen molar-refractivity contribution in [3.8, 4) is 0 Å². The third kappa shape index (κ3) is 6.69. The summed E-state index contributed by atoms with van der Waals surface area (Å²) < 4.78 is 40.1. The molecule has 1 saturated carbocycles. The third-order valence-corrected chi connectivity index (χ3v) is 5.58. The van der Waals surface area contributed by atoms with E-state index in [9.17, 15) is 13.2 Å². The van der Waals surface area contributed by atoms with Gasteiger partial charge in [-0.15, -0.1) is 0 Å². The summed E-state index contributed by atoms with van der Waals surface area (Å²) >= 11 is 0. The zero-order chi connectivity index (χ0) is 18.3. The molecule has 0 aromatic carbocycles. The number of piperidine rings is 1. The monoisotopic (exact) mass is 358 g/mol. The van der Waals surface area contributed by atoms with Crippen LogP contribution in [0.4, 0.5) is 13.2 Å². The average Bonchev–Trinajstić information content (AvgIpc) is 2.59. The lowest BCUT2D eigenvalue weighted by atomic mass is 9.76. The quantitative estimate of drug-likeness (QED) is 0.623. The van der Waals surface area contributed by atoms with Crippen molar-refractivity contribution >= 4 is 0 Å². The third-order valence-electron chi connectivity index (χ3n) is 5.58. The molecule has 1 N–H and O–H groups in total. The normalized spacial score (nSPS) is 29.4. The molecule has 2 rings (SSSR count). The first-order valence-electron chi connectivity index (χ1n) is 9.80. The number of likely N-dealkylation sites (tertiary alicyclic amines) is 1. The summed E-state index contributed by atoms with van der Waals surface area (Å²) in [5, 5.41) is 3.31. The highest BCUT2D eigenvalue weighted by Gasteiger charge is 2.44. The van der Waals surface area contributed by atoms with Gasteiger partial charge in [0.25, 0.3) is 0 Å². The summed E-state index contributed by atoms with van der Waals surface area (Å²) in [5.74, 6) is -1.04. The molecular formula is C20H33F3N2. The van der Waals surface area contributed by atoms with Gasteiger partial charge in [-0.05, 0) is 76.6 Å². The van der Waals surface area contributed by atoms with E-state index >= 15 is 0 Å². The van der Waals surface area contributed by atoms with Crippen LogP contribution in [0.25, 0.3) is 0 Å². The van der Waals surface area contributed by atoms with Gasteiger partial charge in [-0.2, -0.15) is 13.2 Å². The van der Waals surface area contributed by atoms with Crippen molar-refractivity contribution in [1.29, 1.82) is 0 Å². The zero-order valence-corrected chi connectivity index (χ0v) is 15.5. The fourth-order valence-corrected chi connectivity index (χ4v) is 4.26. The lowest BCUT2D eigenvalue weighted by Gasteiger charge is -2.38. The Bertz CT molecular complexity index is 439. The maximum absolute atomic E-state index is 13.4. The molecule has 144 valence electrons. The van der Waals surface area contributed by atoms with Crippen LogP contribution in [0.5, 0.6) is 0 Å². The molecule has 2 unspecified atom stereocenters. The highest BCUT2D eigenvalue weighted by atomic mass is 19.4. The van der Waals surface area contributed by atoms with Crippen LogP contribution < -0.4 is 5.32 Å². The van der Waals surface area contributed by atoms with Gasteiger partial charge < -0.3 is 10.2 Å². The Morgan fingerprint density at radius 1 is 1.16 bits per heavy atom. The van der Waals surface area contributed by atoms with Crippen molar-refractivity contribution in [3.05, 3.63) is 24.4 Å². The number of nitrogens with one attached hydrogen (secondary N) is 1. The number of halogens is 3. The van der Waals surface area contributed by atoms with Gasteiger partial charge in [-0.1, -0.05) is 26.0 Å². The fourth-order valence-electron chi connectivity index (χ4n) is 4.26. The molecule has 25 heavy (non-hydrogen) atoms. The Morgan fingerprint density at radius 2 is 1.88 bits per heavy atom. The molecule has 3 atom stereocenters. The van der Waals surface area contributed by atoms with Gasteiger partial charge in [-0.3, -0.25) is 0 Å². The molecule has 0 bridgehead atoms. The lowest BCUT2D eigenvalue weighted by Crippen LogP contribution is -2.42. The molecule has 2 nitrogen and oxygen atoms in total. The largest absolute Gasteiger partial charge is 0.391 e. The minimum atomic E-state index is -4.09. The maximum Gasteiger partial charge on any atom is 0.391 e. The second kappa shape index (κ2) is 9.65. The molecular weight excluding hydrogens is 325 g/mol. The molecule has 0 aromatic heterocycles. The van der Waals surface area contributed by atoms with Crippen LogP contribution in [0.3, 0.4) is 0 Å². The molecule has 5 heteroatoms. The van der Waals surface area contributed by atoms with Crippen LogP contribution >= 0.6 is 0 Å². The van der Waals surface area contributed by atoms with Gasteiger partial charge >= 0.3 is 6.18 Å². The van der Waals surface area contributed by atoms with Crippen molar-refractivity contribution < 1.29 is 13.2 Å². The van der Waals surface area contributed by atoms with Crippen molar-refractivity contribution in [2.45, 2.75) is 70.5 Å². The van der Waals surface area contributed by atoms with E-state index in [2.05, 4.69) is 16.8 Å². The van der Waals surface area contributed by atoms with E-state index in [4.69, 9.17) is 0 Å². The molecule has 1 saturated heterocycles. The number of rotatable bonds is 7. The van der Waals surface area contributed by atoms with Crippen LogP contribution in [-0.4, -0.2) is 36.8 Å². The summed E-state index contributed by atoms with van der Waals surface area (Å²) in [7, 11) is 0. The Morgan fingerprint density at radius 3 is 2.48 bits per heavy atom. The van der Waals surface area contributed by atoms with Crippen LogP contribution in [0.1, 0.15) is 58.3 Å². The molecule has 2 aliphatic rings. The Balaban J connectivity index is 1.95. The summed E-state index contributed by atoms with van der Waals surface area (Å²) in [5.41, 5.74) is 0.866. The molecule has 0 radical (unpaired) electrons. The Hall–Kier alpha value is -0.970. The predicted octanol–water partition coefficient (Wildman–Crippen LogP) is 5.28. The van der Waals surface area contributed by atoms with Crippen LogP contribution in [0.2, 0.25) is 0 Å². The van der Waals surface area contributed by atoms with E-state index in [1.54, 1.807) is 6.08 Å². The SMILES string of the molecule is C=CC(=CCC)N[C@@H]1CC(CCN2CCCCC2)CC(C(F)(F)F)C1. The maximum atomic E-state index is 13.4. The van der Waals surface area contributed by atoms with Crippen LogP contribution in [0.15, 0.2) is 24.4 Å². The van der Waals surface area contributed by atoms with E-state index in [-0.39, 0.29) is 24.8 Å². The molecule has 0 amide bonds. The van der Waals surface area contributed by atoms with E-state index in [1.165, 1.54) is 19.3 Å². The van der Waals surface area contributed by atoms with Crippen LogP contribution in [0, 0.1) is 11.8 Å². The number of hydrogen-bond donors (Lipinski definition) is 1. The Kier molecular flexibility index (Phi) is 7.85. The first-order valence-corrected chi connectivity index (χ1v) is 9.80. The first-order chi connectivity index (χ1) is 11.9. The average molecular weight is 358 g/mol. The van der Waals surface area contributed by atoms with Crippen molar-refractivity contribution in [2.24, 2.45) is 11.8 Å². The number of hydrogen-bond acceptors (Lipinski definition) is 2. The number of nitrogens with zero attached hydrogens (tertiary/aromatic N) is 1. The highest BCUT2D eigenvalue weighted by Crippen LogP contribution is 2.41. The van der Waals surface area contributed by atoms with Crippen molar-refractivity contribution in [1.82, 2.24) is 10.2 Å². The van der Waals surface area contributed by atoms with E-state index in [0.29, 0.717) is 0 Å². The second-order valence-electron chi connectivity index (χ2n) is 7.62. The smallest absolute Gasteiger partial charge is 0.383 e. The summed E-state index contributed by atoms with van der Waals surface area (Å²) in [6, 6.07) is -0.109. The Labute approximate surface area is 150 Å². The second-order valence-corrected chi connectivity index (χ2v) is 7.62. The summed E-state index contributed by atoms with van der Waals surface area (Å²) in [6.07, 6.45) is 6.38. The van der Waals surface area contributed by atoms with Crippen molar-refractivity contribution in [3.63, 3.8) is 0 Å². The van der Waals surface area contributed by atoms with Crippen LogP contribution in [-0.2, 0) is 0 Å². The zero-order valence-electron chi connectivity index (χ0n) is 15.5. The van der Waals surface area contributed by atoms with E-state index < -0.39 is 12.1 Å². The van der Waals surface area contributed by atoms with Gasteiger partial charge in [0.15, 0.2) is 0 Å². The topological polar surface area (TPSA) is 15.3 Å².